The van der Waals surface area contributed by atoms with Crippen molar-refractivity contribution < 1.29 is 0 Å². The molecule has 0 aromatic heterocycles. The zero-order chi connectivity index (χ0) is 10.1. The Labute approximate surface area is 93.2 Å². The van der Waals surface area contributed by atoms with Gasteiger partial charge in [0, 0.05) is 12.1 Å². The third-order valence-electron chi connectivity index (χ3n) is 4.84. The zero-order valence-corrected chi connectivity index (χ0v) is 9.67. The molecule has 0 aromatic rings. The van der Waals surface area contributed by atoms with Gasteiger partial charge in [0.1, 0.15) is 0 Å². The Morgan fingerprint density at radius 1 is 0.867 bits per heavy atom. The molecule has 1 saturated heterocycles. The van der Waals surface area contributed by atoms with Crippen LogP contribution in [0.3, 0.4) is 0 Å². The van der Waals surface area contributed by atoms with E-state index in [4.69, 9.17) is 0 Å². The first-order valence-electron chi connectivity index (χ1n) is 6.88. The van der Waals surface area contributed by atoms with E-state index in [0.29, 0.717) is 0 Å². The van der Waals surface area contributed by atoms with Gasteiger partial charge in [-0.3, -0.25) is 0 Å². The van der Waals surface area contributed by atoms with Crippen LogP contribution >= 0.6 is 0 Å². The summed E-state index contributed by atoms with van der Waals surface area (Å²) < 4.78 is 0. The number of hydrogen-bond acceptors (Lipinski definition) is 2. The van der Waals surface area contributed by atoms with Gasteiger partial charge in [-0.15, -0.1) is 0 Å². The lowest BCUT2D eigenvalue weighted by Gasteiger charge is -2.44. The first kappa shape index (κ1) is 10.1. The highest BCUT2D eigenvalue weighted by atomic mass is 15.0. The fraction of sp³-hybridized carbons (Fsp3) is 1.00. The summed E-state index contributed by atoms with van der Waals surface area (Å²) in [6, 6.07) is 1.69. The molecule has 86 valence electrons. The Balaban J connectivity index is 1.54. The van der Waals surface area contributed by atoms with E-state index in [9.17, 15) is 0 Å². The Morgan fingerprint density at radius 2 is 1.60 bits per heavy atom. The minimum Gasteiger partial charge on any atom is -0.317 e. The van der Waals surface area contributed by atoms with Gasteiger partial charge in [-0.05, 0) is 57.0 Å². The number of rotatable bonds is 2. The van der Waals surface area contributed by atoms with Crippen LogP contribution < -0.4 is 10.6 Å². The predicted octanol–water partition coefficient (Wildman–Crippen LogP) is 1.91. The topological polar surface area (TPSA) is 24.1 Å². The SMILES string of the molecule is C1CC(NC2CC3CCC2CC3)CCN1. The van der Waals surface area contributed by atoms with Crippen molar-refractivity contribution in [2.24, 2.45) is 11.8 Å². The largest absolute Gasteiger partial charge is 0.317 e. The summed E-state index contributed by atoms with van der Waals surface area (Å²) in [5, 5.41) is 7.40. The van der Waals surface area contributed by atoms with Crippen molar-refractivity contribution in [3.05, 3.63) is 0 Å². The summed E-state index contributed by atoms with van der Waals surface area (Å²) in [5.41, 5.74) is 0. The molecule has 2 heteroatoms. The third kappa shape index (κ3) is 2.21. The lowest BCUT2D eigenvalue weighted by Crippen LogP contribution is -2.51. The maximum absolute atomic E-state index is 3.95. The molecule has 3 aliphatic carbocycles. The Kier molecular flexibility index (Phi) is 2.98. The van der Waals surface area contributed by atoms with Gasteiger partial charge in [-0.25, -0.2) is 0 Å². The van der Waals surface area contributed by atoms with Crippen LogP contribution in [0.2, 0.25) is 0 Å². The van der Waals surface area contributed by atoms with E-state index in [1.807, 2.05) is 0 Å². The van der Waals surface area contributed by atoms with Crippen LogP contribution in [0.15, 0.2) is 0 Å². The van der Waals surface area contributed by atoms with Crippen LogP contribution in [-0.2, 0) is 0 Å². The van der Waals surface area contributed by atoms with E-state index in [-0.39, 0.29) is 0 Å². The minimum absolute atomic E-state index is 0.815. The summed E-state index contributed by atoms with van der Waals surface area (Å²) in [6.07, 6.45) is 10.2. The number of piperidine rings is 1. The molecular formula is C13H24N2. The van der Waals surface area contributed by atoms with E-state index in [0.717, 1.165) is 23.9 Å². The molecule has 2 bridgehead atoms. The average Bonchev–Trinajstić information content (AvgIpc) is 2.32. The van der Waals surface area contributed by atoms with E-state index in [1.54, 1.807) is 0 Å². The third-order valence-corrected chi connectivity index (χ3v) is 4.84. The van der Waals surface area contributed by atoms with Crippen LogP contribution in [-0.4, -0.2) is 25.2 Å². The quantitative estimate of drug-likeness (QED) is 0.724. The molecule has 1 aliphatic heterocycles. The van der Waals surface area contributed by atoms with Gasteiger partial charge in [0.15, 0.2) is 0 Å². The Morgan fingerprint density at radius 3 is 2.20 bits per heavy atom. The van der Waals surface area contributed by atoms with Crippen molar-refractivity contribution >= 4 is 0 Å². The Hall–Kier alpha value is -0.0800. The second kappa shape index (κ2) is 4.42. The highest BCUT2D eigenvalue weighted by Gasteiger charge is 2.36. The molecule has 4 aliphatic rings. The molecule has 1 unspecified atom stereocenters. The number of fused-ring (bicyclic) bond motifs is 3. The molecule has 4 rings (SSSR count). The summed E-state index contributed by atoms with van der Waals surface area (Å²) in [5.74, 6) is 2.08. The lowest BCUT2D eigenvalue weighted by molar-refractivity contribution is 0.111. The molecule has 0 radical (unpaired) electrons. The second-order valence-electron chi connectivity index (χ2n) is 5.81. The average molecular weight is 208 g/mol. The first-order chi connectivity index (χ1) is 7.42. The molecule has 4 fully saturated rings. The molecule has 1 heterocycles. The molecule has 3 saturated carbocycles. The van der Waals surface area contributed by atoms with Crippen molar-refractivity contribution in [1.29, 1.82) is 0 Å². The van der Waals surface area contributed by atoms with Gasteiger partial charge in [-0.1, -0.05) is 12.8 Å². The molecule has 0 amide bonds. The molecule has 1 atom stereocenters. The molecular weight excluding hydrogens is 184 g/mol. The highest BCUT2D eigenvalue weighted by Crippen LogP contribution is 2.41. The van der Waals surface area contributed by atoms with Crippen LogP contribution in [0.5, 0.6) is 0 Å². The van der Waals surface area contributed by atoms with E-state index in [1.165, 1.54) is 58.0 Å². The summed E-state index contributed by atoms with van der Waals surface area (Å²) in [4.78, 5) is 0. The van der Waals surface area contributed by atoms with Crippen LogP contribution in [0, 0.1) is 11.8 Å². The smallest absolute Gasteiger partial charge is 0.0101 e. The molecule has 2 N–H and O–H groups in total. The van der Waals surface area contributed by atoms with Gasteiger partial charge in [0.25, 0.3) is 0 Å². The van der Waals surface area contributed by atoms with Gasteiger partial charge in [0.2, 0.25) is 0 Å². The molecule has 0 aromatic carbocycles. The van der Waals surface area contributed by atoms with Crippen LogP contribution in [0.4, 0.5) is 0 Å². The number of hydrogen-bond donors (Lipinski definition) is 2. The summed E-state index contributed by atoms with van der Waals surface area (Å²) in [7, 11) is 0. The first-order valence-corrected chi connectivity index (χ1v) is 6.88. The highest BCUT2D eigenvalue weighted by molar-refractivity contribution is 4.92. The second-order valence-corrected chi connectivity index (χ2v) is 5.81. The predicted molar refractivity (Wildman–Crippen MR) is 62.9 cm³/mol. The maximum atomic E-state index is 3.95. The summed E-state index contributed by atoms with van der Waals surface area (Å²) >= 11 is 0. The van der Waals surface area contributed by atoms with Crippen molar-refractivity contribution in [1.82, 2.24) is 10.6 Å². The van der Waals surface area contributed by atoms with E-state index < -0.39 is 0 Å². The van der Waals surface area contributed by atoms with Gasteiger partial charge in [-0.2, -0.15) is 0 Å². The zero-order valence-electron chi connectivity index (χ0n) is 9.67. The van der Waals surface area contributed by atoms with Crippen LogP contribution in [0.1, 0.15) is 44.9 Å². The molecule has 0 spiro atoms. The van der Waals surface area contributed by atoms with Gasteiger partial charge in [0.05, 0.1) is 0 Å². The Bertz CT molecular complexity index is 203. The standard InChI is InChI=1S/C13H24N2/c1-3-11-4-2-10(1)9-13(11)15-12-5-7-14-8-6-12/h10-15H,1-9H2. The van der Waals surface area contributed by atoms with Crippen molar-refractivity contribution in [3.63, 3.8) is 0 Å². The summed E-state index contributed by atoms with van der Waals surface area (Å²) in [6.45, 7) is 2.44. The normalized spacial score (nSPS) is 42.0. The lowest BCUT2D eigenvalue weighted by atomic mass is 9.67. The van der Waals surface area contributed by atoms with Crippen molar-refractivity contribution in [2.45, 2.75) is 57.0 Å². The van der Waals surface area contributed by atoms with Gasteiger partial charge < -0.3 is 10.6 Å². The number of nitrogens with one attached hydrogen (secondary N) is 2. The fourth-order valence-corrected chi connectivity index (χ4v) is 3.87. The molecule has 2 nitrogen and oxygen atoms in total. The van der Waals surface area contributed by atoms with E-state index in [2.05, 4.69) is 10.6 Å². The monoisotopic (exact) mass is 208 g/mol. The van der Waals surface area contributed by atoms with Crippen molar-refractivity contribution in [2.75, 3.05) is 13.1 Å². The minimum atomic E-state index is 0.815. The van der Waals surface area contributed by atoms with Crippen LogP contribution in [0.25, 0.3) is 0 Å². The van der Waals surface area contributed by atoms with Gasteiger partial charge >= 0.3 is 0 Å². The fourth-order valence-electron chi connectivity index (χ4n) is 3.87. The van der Waals surface area contributed by atoms with Crippen molar-refractivity contribution in [3.8, 4) is 0 Å². The van der Waals surface area contributed by atoms with E-state index >= 15 is 0 Å². The maximum Gasteiger partial charge on any atom is 0.0101 e. The molecule has 15 heavy (non-hydrogen) atoms.